The molecule has 146 valence electrons. The Bertz CT molecular complexity index is 1040. The van der Waals surface area contributed by atoms with Crippen molar-refractivity contribution in [2.45, 2.75) is 44.1 Å². The van der Waals surface area contributed by atoms with Crippen LogP contribution in [0.25, 0.3) is 0 Å². The van der Waals surface area contributed by atoms with Gasteiger partial charge in [-0.3, -0.25) is 0 Å². The molecule has 0 amide bonds. The molecule has 0 aliphatic carbocycles. The lowest BCUT2D eigenvalue weighted by Crippen LogP contribution is -2.35. The number of amidine groups is 1. The van der Waals surface area contributed by atoms with Crippen molar-refractivity contribution in [1.29, 1.82) is 0 Å². The fourth-order valence-electron chi connectivity index (χ4n) is 3.52. The highest BCUT2D eigenvalue weighted by Crippen LogP contribution is 2.35. The van der Waals surface area contributed by atoms with Crippen molar-refractivity contribution in [2.24, 2.45) is 4.40 Å². The Labute approximate surface area is 164 Å². The molecule has 0 aromatic heterocycles. The van der Waals surface area contributed by atoms with E-state index < -0.39 is 16.0 Å². The van der Waals surface area contributed by atoms with Crippen LogP contribution < -0.4 is 4.90 Å². The number of ether oxygens (including phenoxy) is 1. The minimum Gasteiger partial charge on any atom is -0.457 e. The molecule has 1 fully saturated rings. The molecule has 6 nitrogen and oxygen atoms in total. The van der Waals surface area contributed by atoms with Gasteiger partial charge in [-0.15, -0.1) is 4.40 Å². The number of carbonyl (C=O) groups excluding carboxylic acids is 1. The molecule has 0 spiro atoms. The molecule has 0 bridgehead atoms. The van der Waals surface area contributed by atoms with Gasteiger partial charge in [-0.05, 0) is 43.5 Å². The van der Waals surface area contributed by atoms with Crippen LogP contribution in [0.15, 0.2) is 51.8 Å². The maximum Gasteiger partial charge on any atom is 0.338 e. The Morgan fingerprint density at radius 1 is 1.11 bits per heavy atom. The second kappa shape index (κ2) is 7.39. The molecular formula is C21H22N2O4S. The van der Waals surface area contributed by atoms with E-state index in [2.05, 4.69) is 4.40 Å². The monoisotopic (exact) mass is 398 g/mol. The molecule has 0 unspecified atom stereocenters. The Kier molecular flexibility index (Phi) is 4.93. The molecule has 0 N–H and O–H groups in total. The number of benzene rings is 2. The minimum absolute atomic E-state index is 0.0722. The normalized spacial score (nSPS) is 17.8. The molecule has 2 aromatic carbocycles. The number of rotatable bonds is 3. The SMILES string of the molecule is Cc1ccc(COC(=O)c2ccc3c(c2)S(=O)(=O)N=C2CCCCCN23)cc1. The van der Waals surface area contributed by atoms with Crippen molar-refractivity contribution >= 4 is 27.5 Å². The lowest BCUT2D eigenvalue weighted by Gasteiger charge is -2.29. The fourth-order valence-corrected chi connectivity index (χ4v) is 4.81. The number of sulfonamides is 1. The van der Waals surface area contributed by atoms with E-state index in [4.69, 9.17) is 4.74 Å². The van der Waals surface area contributed by atoms with Crippen LogP contribution in [0, 0.1) is 6.92 Å². The van der Waals surface area contributed by atoms with Gasteiger partial charge in [0.15, 0.2) is 0 Å². The summed E-state index contributed by atoms with van der Waals surface area (Å²) in [5.41, 5.74) is 2.82. The first kappa shape index (κ1) is 18.7. The second-order valence-corrected chi connectivity index (χ2v) is 8.76. The van der Waals surface area contributed by atoms with E-state index >= 15 is 0 Å². The molecule has 2 heterocycles. The second-order valence-electron chi connectivity index (χ2n) is 7.19. The maximum atomic E-state index is 12.7. The fraction of sp³-hybridized carbons (Fsp3) is 0.333. The first-order valence-electron chi connectivity index (χ1n) is 9.42. The topological polar surface area (TPSA) is 76.0 Å². The van der Waals surface area contributed by atoms with Gasteiger partial charge >= 0.3 is 5.97 Å². The first-order chi connectivity index (χ1) is 13.4. The van der Waals surface area contributed by atoms with Crippen molar-refractivity contribution in [2.75, 3.05) is 11.4 Å². The molecule has 2 aliphatic rings. The van der Waals surface area contributed by atoms with E-state index in [0.29, 0.717) is 17.9 Å². The Balaban J connectivity index is 1.58. The first-order valence-corrected chi connectivity index (χ1v) is 10.9. The summed E-state index contributed by atoms with van der Waals surface area (Å²) < 4.78 is 34.7. The van der Waals surface area contributed by atoms with Crippen LogP contribution in [-0.4, -0.2) is 26.8 Å². The van der Waals surface area contributed by atoms with Crippen LogP contribution in [0.1, 0.15) is 47.2 Å². The van der Waals surface area contributed by atoms with Crippen LogP contribution >= 0.6 is 0 Å². The van der Waals surface area contributed by atoms with E-state index in [0.717, 1.165) is 36.9 Å². The van der Waals surface area contributed by atoms with Gasteiger partial charge in [-0.2, -0.15) is 8.42 Å². The standard InChI is InChI=1S/C21H22N2O4S/c1-15-6-8-16(9-7-15)14-27-21(24)17-10-11-18-19(13-17)28(25,26)22-20-5-3-2-4-12-23(18)20/h6-11,13H,2-5,12,14H2,1H3. The molecule has 0 radical (unpaired) electrons. The summed E-state index contributed by atoms with van der Waals surface area (Å²) in [6.07, 6.45) is 3.62. The average molecular weight is 398 g/mol. The van der Waals surface area contributed by atoms with Gasteiger partial charge in [0.1, 0.15) is 17.3 Å². The smallest absolute Gasteiger partial charge is 0.338 e. The van der Waals surface area contributed by atoms with Crippen molar-refractivity contribution in [3.63, 3.8) is 0 Å². The van der Waals surface area contributed by atoms with Crippen molar-refractivity contribution in [3.8, 4) is 0 Å². The number of fused-ring (bicyclic) bond motifs is 3. The zero-order valence-electron chi connectivity index (χ0n) is 15.7. The Morgan fingerprint density at radius 3 is 2.68 bits per heavy atom. The van der Waals surface area contributed by atoms with E-state index in [1.54, 1.807) is 12.1 Å². The third-order valence-corrected chi connectivity index (χ3v) is 6.41. The van der Waals surface area contributed by atoms with Gasteiger partial charge in [0.05, 0.1) is 11.3 Å². The highest BCUT2D eigenvalue weighted by atomic mass is 32.2. The molecule has 0 atom stereocenters. The van der Waals surface area contributed by atoms with Crippen LogP contribution in [0.3, 0.4) is 0 Å². The van der Waals surface area contributed by atoms with Gasteiger partial charge in [0.25, 0.3) is 10.0 Å². The van der Waals surface area contributed by atoms with Crippen molar-refractivity contribution < 1.29 is 17.9 Å². The van der Waals surface area contributed by atoms with Gasteiger partial charge in [-0.25, -0.2) is 4.79 Å². The van der Waals surface area contributed by atoms with Crippen LogP contribution in [-0.2, 0) is 21.4 Å². The Morgan fingerprint density at radius 2 is 1.89 bits per heavy atom. The minimum atomic E-state index is -3.82. The van der Waals surface area contributed by atoms with E-state index in [9.17, 15) is 13.2 Å². The molecule has 2 aromatic rings. The predicted octanol–water partition coefficient (Wildman–Crippen LogP) is 3.83. The number of hydrogen-bond donors (Lipinski definition) is 0. The van der Waals surface area contributed by atoms with Crippen LogP contribution in [0.5, 0.6) is 0 Å². The van der Waals surface area contributed by atoms with Gasteiger partial charge in [-0.1, -0.05) is 36.2 Å². The van der Waals surface area contributed by atoms with E-state index in [1.807, 2.05) is 36.1 Å². The van der Waals surface area contributed by atoms with Crippen LogP contribution in [0.4, 0.5) is 5.69 Å². The summed E-state index contributed by atoms with van der Waals surface area (Å²) in [5.74, 6) is 0.0453. The summed E-state index contributed by atoms with van der Waals surface area (Å²) in [4.78, 5) is 14.5. The number of anilines is 1. The van der Waals surface area contributed by atoms with Crippen molar-refractivity contribution in [1.82, 2.24) is 0 Å². The average Bonchev–Trinajstić information content (AvgIpc) is 2.92. The van der Waals surface area contributed by atoms with Crippen molar-refractivity contribution in [3.05, 3.63) is 59.2 Å². The largest absolute Gasteiger partial charge is 0.457 e. The highest BCUT2D eigenvalue weighted by Gasteiger charge is 2.32. The zero-order chi connectivity index (χ0) is 19.7. The predicted molar refractivity (Wildman–Crippen MR) is 107 cm³/mol. The van der Waals surface area contributed by atoms with E-state index in [-0.39, 0.29) is 17.1 Å². The number of carbonyl (C=O) groups is 1. The molecule has 4 rings (SSSR count). The summed E-state index contributed by atoms with van der Waals surface area (Å²) in [6.45, 7) is 2.86. The quantitative estimate of drug-likeness (QED) is 0.735. The molecule has 2 aliphatic heterocycles. The number of hydrogen-bond acceptors (Lipinski definition) is 5. The third-order valence-electron chi connectivity index (χ3n) is 5.07. The van der Waals surface area contributed by atoms with Gasteiger partial charge in [0, 0.05) is 13.0 Å². The van der Waals surface area contributed by atoms with E-state index in [1.165, 1.54) is 6.07 Å². The highest BCUT2D eigenvalue weighted by molar-refractivity contribution is 7.90. The molecule has 0 saturated carbocycles. The zero-order valence-corrected chi connectivity index (χ0v) is 16.5. The Hall–Kier alpha value is -2.67. The molecule has 28 heavy (non-hydrogen) atoms. The lowest BCUT2D eigenvalue weighted by molar-refractivity contribution is 0.0472. The maximum absolute atomic E-state index is 12.7. The number of nitrogens with zero attached hydrogens (tertiary/aromatic N) is 2. The number of esters is 1. The summed E-state index contributed by atoms with van der Waals surface area (Å²) in [6, 6.07) is 12.4. The summed E-state index contributed by atoms with van der Waals surface area (Å²) in [5, 5.41) is 0. The van der Waals surface area contributed by atoms with Crippen LogP contribution in [0.2, 0.25) is 0 Å². The number of aryl methyl sites for hydroxylation is 1. The summed E-state index contributed by atoms with van der Waals surface area (Å²) >= 11 is 0. The molecular weight excluding hydrogens is 376 g/mol. The van der Waals surface area contributed by atoms with Gasteiger partial charge < -0.3 is 9.64 Å². The third kappa shape index (κ3) is 3.67. The lowest BCUT2D eigenvalue weighted by atomic mass is 10.1. The van der Waals surface area contributed by atoms with Gasteiger partial charge in [0.2, 0.25) is 0 Å². The molecule has 7 heteroatoms. The molecule has 1 saturated heterocycles. The summed E-state index contributed by atoms with van der Waals surface area (Å²) in [7, 11) is -3.82.